The molecule has 0 saturated heterocycles. The Morgan fingerprint density at radius 2 is 1.67 bits per heavy atom. The summed E-state index contributed by atoms with van der Waals surface area (Å²) in [6, 6.07) is 12.0. The van der Waals surface area contributed by atoms with Gasteiger partial charge in [0.25, 0.3) is 0 Å². The van der Waals surface area contributed by atoms with Gasteiger partial charge in [0.2, 0.25) is 0 Å². The standard InChI is InChI=1S/C43H56/c1-27-18-30(4)40(25-36-24-37(20-29(36)3)33-12-9-10-13-33)42(19-27)38-15-11-14-34-21-32(23-41(34)38)22-39-28(2)16-17-35(31(39)5)26-43(6,7)8/h11,14-19,21,29,33,35-37,39H,2,5,9-10,12-13,20,22-26H2,1,3-4,6-8H3/t29-,35?,36-,37?,39?/m0/s1. The molecule has 4 aliphatic rings. The van der Waals surface area contributed by atoms with Gasteiger partial charge in [-0.15, -0.1) is 0 Å². The largest absolute Gasteiger partial charge is 0.0986 e. The van der Waals surface area contributed by atoms with Crippen LogP contribution in [0.1, 0.15) is 107 Å². The predicted octanol–water partition coefficient (Wildman–Crippen LogP) is 12.0. The lowest BCUT2D eigenvalue weighted by Gasteiger charge is -2.33. The molecule has 6 rings (SSSR count). The average Bonchev–Trinajstić information content (AvgIpc) is 3.69. The van der Waals surface area contributed by atoms with Crippen molar-refractivity contribution in [3.63, 3.8) is 0 Å². The lowest BCUT2D eigenvalue weighted by Crippen LogP contribution is -2.21. The fourth-order valence-corrected chi connectivity index (χ4v) is 9.43. The molecule has 0 spiro atoms. The molecule has 2 aromatic carbocycles. The SMILES string of the molecule is C=C1C=CC(CC(C)(C)C)C(=C)C1CC1=Cc2cccc(-c3cc(C)cc(C)c3C[C@@H]3CC(C4CCCC4)C[C@@H]3C)c2C1. The van der Waals surface area contributed by atoms with Crippen molar-refractivity contribution in [3.8, 4) is 11.1 Å². The quantitative estimate of drug-likeness (QED) is 0.289. The maximum Gasteiger partial charge on any atom is 0.00827 e. The summed E-state index contributed by atoms with van der Waals surface area (Å²) in [6.45, 7) is 23.3. The van der Waals surface area contributed by atoms with E-state index in [4.69, 9.17) is 0 Å². The number of fused-ring (bicyclic) bond motifs is 1. The van der Waals surface area contributed by atoms with Crippen LogP contribution in [0.25, 0.3) is 17.2 Å². The third kappa shape index (κ3) is 6.45. The Kier molecular flexibility index (Phi) is 8.54. The number of allylic oxidation sites excluding steroid dienone is 5. The summed E-state index contributed by atoms with van der Waals surface area (Å²) in [4.78, 5) is 0. The Hall–Kier alpha value is -2.60. The number of hydrogen-bond donors (Lipinski definition) is 0. The molecule has 4 aliphatic carbocycles. The van der Waals surface area contributed by atoms with Crippen molar-refractivity contribution in [3.05, 3.63) is 100 Å². The molecule has 0 aromatic heterocycles. The van der Waals surface area contributed by atoms with E-state index in [1.54, 1.807) is 5.56 Å². The summed E-state index contributed by atoms with van der Waals surface area (Å²) in [5.41, 5.74) is 14.8. The molecule has 0 bridgehead atoms. The highest BCUT2D eigenvalue weighted by Gasteiger charge is 2.37. The molecule has 228 valence electrons. The normalized spacial score (nSPS) is 27.7. The van der Waals surface area contributed by atoms with Gasteiger partial charge in [-0.3, -0.25) is 0 Å². The Bertz CT molecular complexity index is 1450. The fraction of sp³-hybridized carbons (Fsp3) is 0.535. The van der Waals surface area contributed by atoms with Crippen LogP contribution in [0.15, 0.2) is 72.4 Å². The summed E-state index contributed by atoms with van der Waals surface area (Å²) in [7, 11) is 0. The summed E-state index contributed by atoms with van der Waals surface area (Å²) in [5.74, 6) is 4.40. The summed E-state index contributed by atoms with van der Waals surface area (Å²) in [5, 5.41) is 0. The highest BCUT2D eigenvalue weighted by Crippen LogP contribution is 2.48. The second kappa shape index (κ2) is 12.1. The van der Waals surface area contributed by atoms with Gasteiger partial charge in [-0.1, -0.05) is 132 Å². The molecule has 2 aromatic rings. The zero-order valence-electron chi connectivity index (χ0n) is 28.1. The predicted molar refractivity (Wildman–Crippen MR) is 187 cm³/mol. The molecule has 0 heterocycles. The van der Waals surface area contributed by atoms with Crippen LogP contribution < -0.4 is 0 Å². The topological polar surface area (TPSA) is 0 Å². The number of hydrogen-bond acceptors (Lipinski definition) is 0. The van der Waals surface area contributed by atoms with Crippen molar-refractivity contribution in [1.82, 2.24) is 0 Å². The van der Waals surface area contributed by atoms with Crippen LogP contribution in [-0.2, 0) is 12.8 Å². The van der Waals surface area contributed by atoms with E-state index in [1.165, 1.54) is 95.0 Å². The van der Waals surface area contributed by atoms with Crippen molar-refractivity contribution >= 4 is 6.08 Å². The first-order valence-electron chi connectivity index (χ1n) is 17.4. The van der Waals surface area contributed by atoms with E-state index >= 15 is 0 Å². The van der Waals surface area contributed by atoms with Gasteiger partial charge in [0.15, 0.2) is 0 Å². The molecule has 0 N–H and O–H groups in total. The van der Waals surface area contributed by atoms with Crippen LogP contribution in [0.5, 0.6) is 0 Å². The summed E-state index contributed by atoms with van der Waals surface area (Å²) in [6.07, 6.45) is 20.4. The van der Waals surface area contributed by atoms with Crippen molar-refractivity contribution in [2.45, 2.75) is 106 Å². The highest BCUT2D eigenvalue weighted by atomic mass is 14.4. The molecule has 0 nitrogen and oxygen atoms in total. The van der Waals surface area contributed by atoms with Gasteiger partial charge in [0.1, 0.15) is 0 Å². The van der Waals surface area contributed by atoms with Crippen molar-refractivity contribution in [2.24, 2.45) is 40.9 Å². The molecule has 3 unspecified atom stereocenters. The molecular formula is C43H56. The molecular weight excluding hydrogens is 516 g/mol. The summed E-state index contributed by atoms with van der Waals surface area (Å²) >= 11 is 0. The minimum atomic E-state index is 0.288. The van der Waals surface area contributed by atoms with Gasteiger partial charge in [-0.2, -0.15) is 0 Å². The van der Waals surface area contributed by atoms with Crippen molar-refractivity contribution in [1.29, 1.82) is 0 Å². The second-order valence-corrected chi connectivity index (χ2v) is 16.3. The van der Waals surface area contributed by atoms with E-state index in [0.717, 1.165) is 42.9 Å². The molecule has 2 fully saturated rings. The lowest BCUT2D eigenvalue weighted by molar-refractivity contribution is 0.334. The maximum absolute atomic E-state index is 4.64. The molecule has 2 saturated carbocycles. The lowest BCUT2D eigenvalue weighted by atomic mass is 9.71. The van der Waals surface area contributed by atoms with E-state index < -0.39 is 0 Å². The van der Waals surface area contributed by atoms with Crippen molar-refractivity contribution < 1.29 is 0 Å². The molecule has 0 amide bonds. The molecule has 5 atom stereocenters. The van der Waals surface area contributed by atoms with Gasteiger partial charge in [0.05, 0.1) is 0 Å². The zero-order chi connectivity index (χ0) is 30.5. The third-order valence-electron chi connectivity index (χ3n) is 11.7. The minimum Gasteiger partial charge on any atom is -0.0986 e. The Morgan fingerprint density at radius 1 is 0.907 bits per heavy atom. The Labute approximate surface area is 263 Å². The fourth-order valence-electron chi connectivity index (χ4n) is 9.43. The smallest absolute Gasteiger partial charge is 0.00827 e. The molecule has 0 radical (unpaired) electrons. The summed E-state index contributed by atoms with van der Waals surface area (Å²) < 4.78 is 0. The van der Waals surface area contributed by atoms with Gasteiger partial charge in [-0.25, -0.2) is 0 Å². The first-order chi connectivity index (χ1) is 20.5. The van der Waals surface area contributed by atoms with Crippen LogP contribution in [-0.4, -0.2) is 0 Å². The second-order valence-electron chi connectivity index (χ2n) is 16.3. The van der Waals surface area contributed by atoms with E-state index in [1.807, 2.05) is 0 Å². The van der Waals surface area contributed by atoms with E-state index in [9.17, 15) is 0 Å². The highest BCUT2D eigenvalue weighted by molar-refractivity contribution is 5.80. The van der Waals surface area contributed by atoms with E-state index in [2.05, 4.69) is 103 Å². The van der Waals surface area contributed by atoms with Crippen LogP contribution >= 0.6 is 0 Å². The Morgan fingerprint density at radius 3 is 2.42 bits per heavy atom. The van der Waals surface area contributed by atoms with E-state index in [-0.39, 0.29) is 5.41 Å². The zero-order valence-corrected chi connectivity index (χ0v) is 28.1. The first kappa shape index (κ1) is 30.4. The van der Waals surface area contributed by atoms with Crippen LogP contribution in [0, 0.1) is 54.8 Å². The molecule has 43 heavy (non-hydrogen) atoms. The molecule has 0 aliphatic heterocycles. The van der Waals surface area contributed by atoms with Crippen LogP contribution in [0.4, 0.5) is 0 Å². The number of rotatable bonds is 7. The average molecular weight is 573 g/mol. The maximum atomic E-state index is 4.64. The monoisotopic (exact) mass is 572 g/mol. The van der Waals surface area contributed by atoms with Gasteiger partial charge in [0, 0.05) is 5.92 Å². The Balaban J connectivity index is 1.24. The minimum absolute atomic E-state index is 0.288. The number of aryl methyl sites for hydroxylation is 2. The van der Waals surface area contributed by atoms with Gasteiger partial charge >= 0.3 is 0 Å². The van der Waals surface area contributed by atoms with Crippen LogP contribution in [0.2, 0.25) is 0 Å². The van der Waals surface area contributed by atoms with Gasteiger partial charge < -0.3 is 0 Å². The van der Waals surface area contributed by atoms with Crippen LogP contribution in [0.3, 0.4) is 0 Å². The van der Waals surface area contributed by atoms with E-state index in [0.29, 0.717) is 11.8 Å². The third-order valence-corrected chi connectivity index (χ3v) is 11.7. The van der Waals surface area contributed by atoms with Crippen molar-refractivity contribution in [2.75, 3.05) is 0 Å². The molecule has 0 heteroatoms. The number of benzene rings is 2. The first-order valence-corrected chi connectivity index (χ1v) is 17.4. The van der Waals surface area contributed by atoms with Gasteiger partial charge in [-0.05, 0) is 126 Å².